The predicted octanol–water partition coefficient (Wildman–Crippen LogP) is 4.57. The standard InChI is InChI=1S/C23H41N3O/c1-21(2,3)17-18-16(25-12-14-27-15-13-25)10-11-26(18)20(23(7,8)9)24-19(17)22(4,5)6/h16,19H,10-15H2,1-9H3. The molecule has 0 N–H and O–H groups in total. The summed E-state index contributed by atoms with van der Waals surface area (Å²) in [6, 6.07) is 0.737. The molecule has 3 aliphatic rings. The lowest BCUT2D eigenvalue weighted by Gasteiger charge is -2.47. The molecular weight excluding hydrogens is 334 g/mol. The zero-order valence-electron chi connectivity index (χ0n) is 19.1. The van der Waals surface area contributed by atoms with Gasteiger partial charge in [-0.2, -0.15) is 0 Å². The van der Waals surface area contributed by atoms with Gasteiger partial charge in [0.05, 0.1) is 25.3 Å². The molecule has 2 fully saturated rings. The molecule has 0 aromatic carbocycles. The molecule has 3 aliphatic heterocycles. The number of fused-ring (bicyclic) bond motifs is 1. The molecule has 0 saturated carbocycles. The van der Waals surface area contributed by atoms with Gasteiger partial charge in [-0.05, 0) is 22.8 Å². The lowest BCUT2D eigenvalue weighted by molar-refractivity contribution is 0.0238. The van der Waals surface area contributed by atoms with Crippen LogP contribution in [0.3, 0.4) is 0 Å². The quantitative estimate of drug-likeness (QED) is 0.672. The molecule has 3 rings (SSSR count). The summed E-state index contributed by atoms with van der Waals surface area (Å²) < 4.78 is 5.65. The number of rotatable bonds is 1. The van der Waals surface area contributed by atoms with Gasteiger partial charge in [-0.25, -0.2) is 0 Å². The van der Waals surface area contributed by atoms with E-state index in [1.807, 2.05) is 0 Å². The van der Waals surface area contributed by atoms with Gasteiger partial charge in [0, 0.05) is 30.7 Å². The van der Waals surface area contributed by atoms with Crippen LogP contribution in [0.2, 0.25) is 0 Å². The summed E-state index contributed by atoms with van der Waals surface area (Å²) in [6.45, 7) is 26.0. The number of aliphatic imine (C=N–C) groups is 1. The molecule has 0 bridgehead atoms. The fourth-order valence-electron chi connectivity index (χ4n) is 4.89. The Morgan fingerprint density at radius 3 is 1.93 bits per heavy atom. The van der Waals surface area contributed by atoms with Gasteiger partial charge in [0.15, 0.2) is 0 Å². The fourth-order valence-corrected chi connectivity index (χ4v) is 4.89. The van der Waals surface area contributed by atoms with Crippen LogP contribution in [0, 0.1) is 16.2 Å². The molecule has 0 radical (unpaired) electrons. The summed E-state index contributed by atoms with van der Waals surface area (Å²) >= 11 is 0. The average molecular weight is 376 g/mol. The normalized spacial score (nSPS) is 28.5. The van der Waals surface area contributed by atoms with E-state index in [1.54, 1.807) is 11.3 Å². The summed E-state index contributed by atoms with van der Waals surface area (Å²) in [7, 11) is 0. The number of hydrogen-bond donors (Lipinski definition) is 0. The molecule has 0 aromatic rings. The van der Waals surface area contributed by atoms with Gasteiger partial charge >= 0.3 is 0 Å². The fraction of sp³-hybridized carbons (Fsp3) is 0.870. The second kappa shape index (κ2) is 6.88. The van der Waals surface area contributed by atoms with E-state index in [0.29, 0.717) is 6.04 Å². The van der Waals surface area contributed by atoms with Crippen LogP contribution in [0.15, 0.2) is 16.3 Å². The number of nitrogens with zero attached hydrogens (tertiary/aromatic N) is 3. The second-order valence-electron chi connectivity index (χ2n) is 11.6. The maximum Gasteiger partial charge on any atom is 0.109 e. The van der Waals surface area contributed by atoms with Crippen molar-refractivity contribution in [3.05, 3.63) is 11.3 Å². The molecular formula is C23H41N3O. The summed E-state index contributed by atoms with van der Waals surface area (Å²) in [4.78, 5) is 10.7. The van der Waals surface area contributed by atoms with E-state index in [2.05, 4.69) is 72.1 Å². The minimum absolute atomic E-state index is 0.0536. The Morgan fingerprint density at radius 2 is 1.44 bits per heavy atom. The van der Waals surface area contributed by atoms with Gasteiger partial charge in [0.1, 0.15) is 5.84 Å². The van der Waals surface area contributed by atoms with Crippen molar-refractivity contribution in [2.24, 2.45) is 21.2 Å². The highest BCUT2D eigenvalue weighted by Crippen LogP contribution is 2.48. The van der Waals surface area contributed by atoms with Crippen LogP contribution in [0.25, 0.3) is 0 Å². The SMILES string of the molecule is CC(C)(C)C1=NC(C(C)(C)C)C(C(C)(C)C)=C2C(N3CCOCC3)CCN12. The summed E-state index contributed by atoms with van der Waals surface area (Å²) in [5.74, 6) is 1.28. The number of morpholine rings is 1. The van der Waals surface area contributed by atoms with Crippen molar-refractivity contribution in [1.82, 2.24) is 9.80 Å². The molecule has 3 heterocycles. The van der Waals surface area contributed by atoms with Crippen LogP contribution in [0.4, 0.5) is 0 Å². The van der Waals surface area contributed by atoms with Crippen molar-refractivity contribution in [2.75, 3.05) is 32.8 Å². The van der Waals surface area contributed by atoms with E-state index >= 15 is 0 Å². The minimum Gasteiger partial charge on any atom is -0.379 e. The average Bonchev–Trinajstić information content (AvgIpc) is 2.95. The van der Waals surface area contributed by atoms with Crippen LogP contribution in [-0.4, -0.2) is 60.6 Å². The predicted molar refractivity (Wildman–Crippen MR) is 114 cm³/mol. The molecule has 4 heteroatoms. The van der Waals surface area contributed by atoms with Crippen LogP contribution < -0.4 is 0 Å². The molecule has 2 unspecified atom stereocenters. The zero-order chi connectivity index (χ0) is 20.2. The summed E-state index contributed by atoms with van der Waals surface area (Å²) in [5.41, 5.74) is 3.38. The first kappa shape index (κ1) is 20.9. The molecule has 0 amide bonds. The number of ether oxygens (including phenoxy) is 1. The molecule has 154 valence electrons. The Bertz CT molecular complexity index is 621. The Labute approximate surface area is 167 Å². The van der Waals surface area contributed by atoms with Gasteiger partial charge in [-0.3, -0.25) is 9.89 Å². The minimum atomic E-state index is 0.0536. The van der Waals surface area contributed by atoms with Gasteiger partial charge in [-0.15, -0.1) is 0 Å². The first-order valence-corrected chi connectivity index (χ1v) is 10.7. The molecule has 4 nitrogen and oxygen atoms in total. The van der Waals surface area contributed by atoms with Crippen LogP contribution in [0.5, 0.6) is 0 Å². The summed E-state index contributed by atoms with van der Waals surface area (Å²) in [5, 5.41) is 0. The van der Waals surface area contributed by atoms with Crippen molar-refractivity contribution >= 4 is 5.84 Å². The maximum atomic E-state index is 5.65. The second-order valence-corrected chi connectivity index (χ2v) is 11.6. The molecule has 0 spiro atoms. The third kappa shape index (κ3) is 3.98. The smallest absolute Gasteiger partial charge is 0.109 e. The van der Waals surface area contributed by atoms with Gasteiger partial charge in [-0.1, -0.05) is 62.3 Å². The van der Waals surface area contributed by atoms with Crippen LogP contribution >= 0.6 is 0 Å². The molecule has 2 saturated heterocycles. The third-order valence-electron chi connectivity index (χ3n) is 6.07. The Balaban J connectivity index is 2.17. The Hall–Kier alpha value is -0.870. The third-order valence-corrected chi connectivity index (χ3v) is 6.07. The highest BCUT2D eigenvalue weighted by molar-refractivity contribution is 5.91. The topological polar surface area (TPSA) is 28.1 Å². The molecule has 27 heavy (non-hydrogen) atoms. The van der Waals surface area contributed by atoms with Gasteiger partial charge in [0.25, 0.3) is 0 Å². The first-order valence-electron chi connectivity index (χ1n) is 10.7. The van der Waals surface area contributed by atoms with Crippen molar-refractivity contribution < 1.29 is 4.74 Å². The van der Waals surface area contributed by atoms with E-state index in [9.17, 15) is 0 Å². The monoisotopic (exact) mass is 375 g/mol. The van der Waals surface area contributed by atoms with Crippen LogP contribution in [-0.2, 0) is 4.74 Å². The lowest BCUT2D eigenvalue weighted by Crippen LogP contribution is -2.51. The number of hydrogen-bond acceptors (Lipinski definition) is 4. The van der Waals surface area contributed by atoms with E-state index in [1.165, 1.54) is 12.3 Å². The Morgan fingerprint density at radius 1 is 0.852 bits per heavy atom. The highest BCUT2D eigenvalue weighted by atomic mass is 16.5. The largest absolute Gasteiger partial charge is 0.379 e. The maximum absolute atomic E-state index is 5.65. The molecule has 0 aromatic heterocycles. The van der Waals surface area contributed by atoms with Crippen molar-refractivity contribution in [2.45, 2.75) is 80.8 Å². The van der Waals surface area contributed by atoms with Gasteiger partial charge < -0.3 is 9.64 Å². The highest BCUT2D eigenvalue weighted by Gasteiger charge is 2.48. The Kier molecular flexibility index (Phi) is 5.31. The molecule has 0 aliphatic carbocycles. The van der Waals surface area contributed by atoms with Crippen LogP contribution in [0.1, 0.15) is 68.7 Å². The lowest BCUT2D eigenvalue weighted by atomic mass is 9.70. The first-order chi connectivity index (χ1) is 12.3. The van der Waals surface area contributed by atoms with Crippen molar-refractivity contribution in [1.29, 1.82) is 0 Å². The zero-order valence-corrected chi connectivity index (χ0v) is 19.1. The van der Waals surface area contributed by atoms with E-state index < -0.39 is 0 Å². The molecule has 2 atom stereocenters. The van der Waals surface area contributed by atoms with E-state index in [-0.39, 0.29) is 22.3 Å². The summed E-state index contributed by atoms with van der Waals surface area (Å²) in [6.07, 6.45) is 1.20. The van der Waals surface area contributed by atoms with Gasteiger partial charge in [0.2, 0.25) is 0 Å². The van der Waals surface area contributed by atoms with Crippen molar-refractivity contribution in [3.8, 4) is 0 Å². The van der Waals surface area contributed by atoms with Crippen molar-refractivity contribution in [3.63, 3.8) is 0 Å². The van der Waals surface area contributed by atoms with E-state index in [4.69, 9.17) is 9.73 Å². The van der Waals surface area contributed by atoms with E-state index in [0.717, 1.165) is 32.8 Å². The number of amidine groups is 1.